The maximum Gasteiger partial charge on any atom is 0.224 e. The van der Waals surface area contributed by atoms with E-state index < -0.39 is 0 Å². The Morgan fingerprint density at radius 2 is 1.76 bits per heavy atom. The van der Waals surface area contributed by atoms with Gasteiger partial charge >= 0.3 is 0 Å². The van der Waals surface area contributed by atoms with Crippen molar-refractivity contribution in [2.24, 2.45) is 0 Å². The summed E-state index contributed by atoms with van der Waals surface area (Å²) in [6.07, 6.45) is 8.32. The van der Waals surface area contributed by atoms with Gasteiger partial charge < -0.3 is 19.4 Å². The number of aromatic nitrogens is 2. The standard InChI is InChI=1S/C27H37N3O3/c1-4-5-6-7-10-18-30-23-13-9-8-12-22(23)29-26(30)14-11-17-28-27(31)20-21-15-16-24(32-2)25(19-21)33-3/h8-9,12-13,15-16,19H,4-7,10-11,14,17-18,20H2,1-3H3,(H,28,31). The normalized spacial score (nSPS) is 11.0. The molecule has 3 rings (SSSR count). The quantitative estimate of drug-likeness (QED) is 0.337. The zero-order chi connectivity index (χ0) is 23.5. The smallest absolute Gasteiger partial charge is 0.224 e. The fourth-order valence-electron chi connectivity index (χ4n) is 4.15. The summed E-state index contributed by atoms with van der Waals surface area (Å²) in [5.74, 6) is 2.42. The molecule has 0 aliphatic carbocycles. The molecule has 0 atom stereocenters. The van der Waals surface area contributed by atoms with Gasteiger partial charge in [-0.1, -0.05) is 50.8 Å². The van der Waals surface area contributed by atoms with Gasteiger partial charge in [-0.3, -0.25) is 4.79 Å². The number of carbonyl (C=O) groups excluding carboxylic acids is 1. The number of amides is 1. The molecule has 6 heteroatoms. The highest BCUT2D eigenvalue weighted by molar-refractivity contribution is 5.78. The lowest BCUT2D eigenvalue weighted by Gasteiger charge is -2.11. The van der Waals surface area contributed by atoms with E-state index in [1.807, 2.05) is 24.3 Å². The van der Waals surface area contributed by atoms with Crippen LogP contribution in [0.2, 0.25) is 0 Å². The van der Waals surface area contributed by atoms with E-state index in [-0.39, 0.29) is 5.91 Å². The number of ether oxygens (including phenoxy) is 2. The maximum absolute atomic E-state index is 12.4. The van der Waals surface area contributed by atoms with Crippen LogP contribution in [0.3, 0.4) is 0 Å². The first-order chi connectivity index (χ1) is 16.2. The SMILES string of the molecule is CCCCCCCn1c(CCCNC(=O)Cc2ccc(OC)c(OC)c2)nc2ccccc21. The summed E-state index contributed by atoms with van der Waals surface area (Å²) in [6, 6.07) is 13.9. The van der Waals surface area contributed by atoms with Crippen LogP contribution in [-0.2, 0) is 24.2 Å². The minimum atomic E-state index is 0.00615. The maximum atomic E-state index is 12.4. The van der Waals surface area contributed by atoms with Crippen LogP contribution in [0.25, 0.3) is 11.0 Å². The summed E-state index contributed by atoms with van der Waals surface area (Å²) in [5.41, 5.74) is 3.16. The highest BCUT2D eigenvalue weighted by Crippen LogP contribution is 2.27. The lowest BCUT2D eigenvalue weighted by molar-refractivity contribution is -0.120. The van der Waals surface area contributed by atoms with Crippen LogP contribution in [0.4, 0.5) is 0 Å². The average molecular weight is 452 g/mol. The topological polar surface area (TPSA) is 65.4 Å². The molecule has 2 aromatic carbocycles. The molecule has 0 spiro atoms. The van der Waals surface area contributed by atoms with Crippen molar-refractivity contribution in [3.8, 4) is 11.5 Å². The number of methoxy groups -OCH3 is 2. The highest BCUT2D eigenvalue weighted by atomic mass is 16.5. The fraction of sp³-hybridized carbons (Fsp3) is 0.481. The number of nitrogens with one attached hydrogen (secondary N) is 1. The number of aryl methyl sites for hydroxylation is 2. The van der Waals surface area contributed by atoms with Crippen molar-refractivity contribution in [2.45, 2.75) is 64.8 Å². The van der Waals surface area contributed by atoms with Gasteiger partial charge in [0, 0.05) is 19.5 Å². The van der Waals surface area contributed by atoms with Gasteiger partial charge in [-0.15, -0.1) is 0 Å². The molecule has 33 heavy (non-hydrogen) atoms. The Balaban J connectivity index is 1.51. The first-order valence-corrected chi connectivity index (χ1v) is 12.1. The fourth-order valence-corrected chi connectivity index (χ4v) is 4.15. The summed E-state index contributed by atoms with van der Waals surface area (Å²) in [6.45, 7) is 3.88. The second-order valence-corrected chi connectivity index (χ2v) is 8.40. The number of rotatable bonds is 14. The molecule has 0 bridgehead atoms. The van der Waals surface area contributed by atoms with Crippen LogP contribution < -0.4 is 14.8 Å². The van der Waals surface area contributed by atoms with Crippen molar-refractivity contribution in [1.29, 1.82) is 0 Å². The Morgan fingerprint density at radius 3 is 2.55 bits per heavy atom. The van der Waals surface area contributed by atoms with E-state index >= 15 is 0 Å². The van der Waals surface area contributed by atoms with Gasteiger partial charge in [0.15, 0.2) is 11.5 Å². The minimum absolute atomic E-state index is 0.00615. The van der Waals surface area contributed by atoms with Crippen LogP contribution in [0, 0.1) is 0 Å². The van der Waals surface area contributed by atoms with Crippen LogP contribution >= 0.6 is 0 Å². The molecule has 178 valence electrons. The Labute approximate surface area is 197 Å². The second kappa shape index (κ2) is 12.9. The number of carbonyl (C=O) groups is 1. The number of imidazole rings is 1. The summed E-state index contributed by atoms with van der Waals surface area (Å²) in [7, 11) is 3.20. The van der Waals surface area contributed by atoms with Gasteiger partial charge in [0.2, 0.25) is 5.91 Å². The zero-order valence-corrected chi connectivity index (χ0v) is 20.2. The summed E-state index contributed by atoms with van der Waals surface area (Å²) < 4.78 is 12.9. The summed E-state index contributed by atoms with van der Waals surface area (Å²) in [5, 5.41) is 3.04. The van der Waals surface area contributed by atoms with E-state index in [0.717, 1.165) is 36.3 Å². The molecule has 3 aromatic rings. The molecule has 0 saturated carbocycles. The minimum Gasteiger partial charge on any atom is -0.493 e. The molecule has 1 amide bonds. The lowest BCUT2D eigenvalue weighted by atomic mass is 10.1. The third-order valence-electron chi connectivity index (χ3n) is 5.93. The van der Waals surface area contributed by atoms with E-state index in [1.54, 1.807) is 14.2 Å². The van der Waals surface area contributed by atoms with Crippen LogP contribution in [0.1, 0.15) is 56.8 Å². The molecule has 6 nitrogen and oxygen atoms in total. The van der Waals surface area contributed by atoms with Crippen LogP contribution in [0.5, 0.6) is 11.5 Å². The molecule has 0 aliphatic rings. The molecule has 0 fully saturated rings. The van der Waals surface area contributed by atoms with Gasteiger partial charge in [0.1, 0.15) is 5.82 Å². The van der Waals surface area contributed by atoms with E-state index in [4.69, 9.17) is 14.5 Å². The van der Waals surface area contributed by atoms with Crippen molar-refractivity contribution in [3.63, 3.8) is 0 Å². The van der Waals surface area contributed by atoms with E-state index in [0.29, 0.717) is 24.5 Å². The zero-order valence-electron chi connectivity index (χ0n) is 20.2. The first-order valence-electron chi connectivity index (χ1n) is 12.1. The van der Waals surface area contributed by atoms with E-state index in [1.165, 1.54) is 37.6 Å². The number of fused-ring (bicyclic) bond motifs is 1. The Bertz CT molecular complexity index is 1030. The lowest BCUT2D eigenvalue weighted by Crippen LogP contribution is -2.26. The molecule has 1 aromatic heterocycles. The molecule has 1 heterocycles. The molecule has 0 radical (unpaired) electrons. The third-order valence-corrected chi connectivity index (χ3v) is 5.93. The average Bonchev–Trinajstić information content (AvgIpc) is 3.19. The van der Waals surface area contributed by atoms with Gasteiger partial charge in [-0.2, -0.15) is 0 Å². The van der Waals surface area contributed by atoms with Crippen molar-refractivity contribution in [2.75, 3.05) is 20.8 Å². The number of benzene rings is 2. The van der Waals surface area contributed by atoms with Crippen molar-refractivity contribution in [1.82, 2.24) is 14.9 Å². The Hall–Kier alpha value is -3.02. The summed E-state index contributed by atoms with van der Waals surface area (Å²) >= 11 is 0. The molecule has 0 aliphatic heterocycles. The first kappa shape index (κ1) is 24.6. The number of hydrogen-bond acceptors (Lipinski definition) is 4. The van der Waals surface area contributed by atoms with Crippen molar-refractivity contribution < 1.29 is 14.3 Å². The number of para-hydroxylation sites is 2. The Morgan fingerprint density at radius 1 is 0.970 bits per heavy atom. The number of hydrogen-bond donors (Lipinski definition) is 1. The predicted molar refractivity (Wildman–Crippen MR) is 133 cm³/mol. The highest BCUT2D eigenvalue weighted by Gasteiger charge is 2.11. The van der Waals surface area contributed by atoms with E-state index in [2.05, 4.69) is 35.0 Å². The van der Waals surface area contributed by atoms with Crippen molar-refractivity contribution in [3.05, 3.63) is 53.9 Å². The molecule has 0 unspecified atom stereocenters. The predicted octanol–water partition coefficient (Wildman–Crippen LogP) is 5.32. The van der Waals surface area contributed by atoms with Crippen LogP contribution in [0.15, 0.2) is 42.5 Å². The monoisotopic (exact) mass is 451 g/mol. The second-order valence-electron chi connectivity index (χ2n) is 8.40. The largest absolute Gasteiger partial charge is 0.493 e. The molecular weight excluding hydrogens is 414 g/mol. The van der Waals surface area contributed by atoms with Gasteiger partial charge in [-0.25, -0.2) is 4.98 Å². The molecular formula is C27H37N3O3. The third kappa shape index (κ3) is 6.98. The number of nitrogens with zero attached hydrogens (tertiary/aromatic N) is 2. The van der Waals surface area contributed by atoms with Gasteiger partial charge in [0.25, 0.3) is 0 Å². The number of unbranched alkanes of at least 4 members (excludes halogenated alkanes) is 4. The Kier molecular flexibility index (Phi) is 9.60. The van der Waals surface area contributed by atoms with Crippen LogP contribution in [-0.4, -0.2) is 36.2 Å². The van der Waals surface area contributed by atoms with Gasteiger partial charge in [-0.05, 0) is 42.7 Å². The molecule has 1 N–H and O–H groups in total. The van der Waals surface area contributed by atoms with Gasteiger partial charge in [0.05, 0.1) is 31.7 Å². The van der Waals surface area contributed by atoms with E-state index in [9.17, 15) is 4.79 Å². The van der Waals surface area contributed by atoms with Crippen molar-refractivity contribution >= 4 is 16.9 Å². The summed E-state index contributed by atoms with van der Waals surface area (Å²) in [4.78, 5) is 17.3. The molecule has 0 saturated heterocycles.